The minimum Gasteiger partial charge on any atom is -0.494 e. The summed E-state index contributed by atoms with van der Waals surface area (Å²) in [5.41, 5.74) is 2.64. The zero-order valence-electron chi connectivity index (χ0n) is 9.41. The van der Waals surface area contributed by atoms with Gasteiger partial charge in [0.25, 0.3) is 0 Å². The second-order valence-electron chi connectivity index (χ2n) is 4.21. The minimum atomic E-state index is -0.0341. The highest BCUT2D eigenvalue weighted by Crippen LogP contribution is 2.13. The number of hydrogen-bond acceptors (Lipinski definition) is 5. The Balaban J connectivity index is 1.68. The van der Waals surface area contributed by atoms with Crippen LogP contribution in [-0.2, 0) is 4.74 Å². The van der Waals surface area contributed by atoms with Crippen molar-refractivity contribution >= 4 is 0 Å². The summed E-state index contributed by atoms with van der Waals surface area (Å²) in [6, 6.07) is 0. The molecule has 1 saturated heterocycles. The van der Waals surface area contributed by atoms with Crippen LogP contribution in [0.15, 0.2) is 24.1 Å². The number of nitrogens with two attached hydrogens (primary N) is 1. The Bertz CT molecular complexity index is 271. The summed E-state index contributed by atoms with van der Waals surface area (Å²) >= 11 is 0. The quantitative estimate of drug-likeness (QED) is 0.384. The first-order chi connectivity index (χ1) is 7.88. The Morgan fingerprint density at radius 2 is 2.50 bits per heavy atom. The molecule has 0 amide bonds. The lowest BCUT2D eigenvalue weighted by molar-refractivity contribution is 0.199. The van der Waals surface area contributed by atoms with Gasteiger partial charge in [0.05, 0.1) is 6.61 Å². The van der Waals surface area contributed by atoms with Gasteiger partial charge >= 0.3 is 0 Å². The summed E-state index contributed by atoms with van der Waals surface area (Å²) in [6.07, 6.45) is 8.05. The van der Waals surface area contributed by atoms with Gasteiger partial charge in [-0.1, -0.05) is 0 Å². The van der Waals surface area contributed by atoms with Crippen LogP contribution in [0.4, 0.5) is 0 Å². The number of rotatable bonds is 5. The molecule has 2 atom stereocenters. The fraction of sp³-hybridized carbons (Fsp3) is 0.636. The lowest BCUT2D eigenvalue weighted by Crippen LogP contribution is -2.43. The minimum absolute atomic E-state index is 0.0341. The van der Waals surface area contributed by atoms with E-state index in [1.807, 2.05) is 18.4 Å². The van der Waals surface area contributed by atoms with Gasteiger partial charge in [-0.15, -0.1) is 0 Å². The molecule has 0 bridgehead atoms. The Morgan fingerprint density at radius 3 is 3.25 bits per heavy atom. The van der Waals surface area contributed by atoms with Gasteiger partial charge in [0.1, 0.15) is 11.9 Å². The third kappa shape index (κ3) is 3.23. The summed E-state index contributed by atoms with van der Waals surface area (Å²) in [5, 5.41) is 6.40. The lowest BCUT2D eigenvalue weighted by atomic mass is 10.1. The predicted octanol–water partition coefficient (Wildman–Crippen LogP) is -0.207. The van der Waals surface area contributed by atoms with Crippen LogP contribution in [0.25, 0.3) is 0 Å². The summed E-state index contributed by atoms with van der Waals surface area (Å²) in [6.45, 7) is 3.06. The molecule has 2 heterocycles. The van der Waals surface area contributed by atoms with Crippen molar-refractivity contribution in [1.82, 2.24) is 16.1 Å². The molecule has 0 saturated carbocycles. The maximum atomic E-state index is 5.69. The molecule has 0 spiro atoms. The fourth-order valence-corrected chi connectivity index (χ4v) is 2.00. The molecular weight excluding hydrogens is 204 g/mol. The Kier molecular flexibility index (Phi) is 4.21. The first-order valence-corrected chi connectivity index (χ1v) is 5.82. The zero-order chi connectivity index (χ0) is 11.2. The lowest BCUT2D eigenvalue weighted by Gasteiger charge is -2.18. The molecule has 0 aliphatic carbocycles. The van der Waals surface area contributed by atoms with Gasteiger partial charge in [0.2, 0.25) is 0 Å². The maximum absolute atomic E-state index is 5.69. The highest BCUT2D eigenvalue weighted by atomic mass is 16.5. The van der Waals surface area contributed by atoms with Gasteiger partial charge < -0.3 is 15.4 Å². The van der Waals surface area contributed by atoms with Crippen LogP contribution in [-0.4, -0.2) is 25.9 Å². The van der Waals surface area contributed by atoms with Crippen LogP contribution in [0.2, 0.25) is 0 Å². The van der Waals surface area contributed by atoms with E-state index in [1.54, 1.807) is 0 Å². The molecule has 5 heteroatoms. The molecule has 0 aromatic heterocycles. The van der Waals surface area contributed by atoms with Gasteiger partial charge in [-0.05, 0) is 44.0 Å². The predicted molar refractivity (Wildman–Crippen MR) is 63.0 cm³/mol. The first kappa shape index (κ1) is 11.4. The number of allylic oxidation sites excluding steroid dienone is 1. The van der Waals surface area contributed by atoms with Crippen LogP contribution >= 0.6 is 0 Å². The Morgan fingerprint density at radius 1 is 1.56 bits per heavy atom. The summed E-state index contributed by atoms with van der Waals surface area (Å²) in [5.74, 6) is 6.99. The number of hydrazine groups is 1. The van der Waals surface area contributed by atoms with Gasteiger partial charge in [0, 0.05) is 6.20 Å². The normalized spacial score (nSPS) is 28.7. The van der Waals surface area contributed by atoms with Crippen molar-refractivity contribution in [2.45, 2.75) is 19.0 Å². The largest absolute Gasteiger partial charge is 0.494 e. The van der Waals surface area contributed by atoms with E-state index in [1.165, 1.54) is 6.42 Å². The molecule has 0 aromatic rings. The topological polar surface area (TPSA) is 71.3 Å². The second kappa shape index (κ2) is 5.89. The standard InChI is InChI=1S/C11H20N4O/c12-15-11-7-10(2-5-14-11)16-6-3-9-1-4-13-8-9/h2,5,7,9,11,13-15H,1,3-4,6,8,12H2. The van der Waals surface area contributed by atoms with Gasteiger partial charge in [-0.25, -0.2) is 5.43 Å². The molecule has 2 aliphatic heterocycles. The summed E-state index contributed by atoms with van der Waals surface area (Å²) in [7, 11) is 0. The third-order valence-corrected chi connectivity index (χ3v) is 2.99. The van der Waals surface area contributed by atoms with Crippen LogP contribution < -0.4 is 21.9 Å². The van der Waals surface area contributed by atoms with E-state index in [2.05, 4.69) is 16.1 Å². The number of nitrogens with one attached hydrogen (secondary N) is 3. The number of hydrogen-bond donors (Lipinski definition) is 4. The smallest absolute Gasteiger partial charge is 0.120 e. The van der Waals surface area contributed by atoms with Crippen molar-refractivity contribution in [3.63, 3.8) is 0 Å². The van der Waals surface area contributed by atoms with E-state index in [0.29, 0.717) is 0 Å². The average molecular weight is 224 g/mol. The van der Waals surface area contributed by atoms with Crippen molar-refractivity contribution in [1.29, 1.82) is 0 Å². The summed E-state index contributed by atoms with van der Waals surface area (Å²) in [4.78, 5) is 0. The van der Waals surface area contributed by atoms with Gasteiger partial charge in [-0.2, -0.15) is 0 Å². The molecule has 5 nitrogen and oxygen atoms in total. The molecule has 2 aliphatic rings. The molecular formula is C11H20N4O. The van der Waals surface area contributed by atoms with E-state index in [4.69, 9.17) is 10.6 Å². The maximum Gasteiger partial charge on any atom is 0.120 e. The van der Waals surface area contributed by atoms with Crippen molar-refractivity contribution in [3.8, 4) is 0 Å². The van der Waals surface area contributed by atoms with Gasteiger partial charge in [0.15, 0.2) is 0 Å². The van der Waals surface area contributed by atoms with Gasteiger partial charge in [-0.3, -0.25) is 5.84 Å². The molecule has 2 rings (SSSR count). The zero-order valence-corrected chi connectivity index (χ0v) is 9.41. The number of ether oxygens (including phenoxy) is 1. The molecule has 0 radical (unpaired) electrons. The molecule has 16 heavy (non-hydrogen) atoms. The fourth-order valence-electron chi connectivity index (χ4n) is 2.00. The average Bonchev–Trinajstić information content (AvgIpc) is 2.82. The van der Waals surface area contributed by atoms with Crippen LogP contribution in [0.5, 0.6) is 0 Å². The third-order valence-electron chi connectivity index (χ3n) is 2.99. The van der Waals surface area contributed by atoms with E-state index in [0.717, 1.165) is 37.8 Å². The molecule has 2 unspecified atom stereocenters. The van der Waals surface area contributed by atoms with E-state index in [9.17, 15) is 0 Å². The van der Waals surface area contributed by atoms with E-state index in [-0.39, 0.29) is 6.17 Å². The molecule has 90 valence electrons. The van der Waals surface area contributed by atoms with Crippen molar-refractivity contribution < 1.29 is 4.74 Å². The van der Waals surface area contributed by atoms with E-state index >= 15 is 0 Å². The summed E-state index contributed by atoms with van der Waals surface area (Å²) < 4.78 is 5.69. The second-order valence-corrected chi connectivity index (χ2v) is 4.21. The first-order valence-electron chi connectivity index (χ1n) is 5.82. The van der Waals surface area contributed by atoms with Crippen molar-refractivity contribution in [3.05, 3.63) is 24.1 Å². The molecule has 5 N–H and O–H groups in total. The van der Waals surface area contributed by atoms with Crippen molar-refractivity contribution in [2.75, 3.05) is 19.7 Å². The molecule has 0 aromatic carbocycles. The van der Waals surface area contributed by atoms with Crippen LogP contribution in [0, 0.1) is 5.92 Å². The SMILES string of the molecule is NNC1C=C(OCCC2CCNC2)C=CN1. The monoisotopic (exact) mass is 224 g/mol. The highest BCUT2D eigenvalue weighted by Gasteiger charge is 2.14. The highest BCUT2D eigenvalue weighted by molar-refractivity contribution is 5.18. The number of dihydropyridines is 1. The molecule has 1 fully saturated rings. The Hall–Kier alpha value is -1.04. The Labute approximate surface area is 96.1 Å². The van der Waals surface area contributed by atoms with E-state index < -0.39 is 0 Å². The van der Waals surface area contributed by atoms with Crippen LogP contribution in [0.3, 0.4) is 0 Å². The van der Waals surface area contributed by atoms with Crippen molar-refractivity contribution in [2.24, 2.45) is 11.8 Å². The van der Waals surface area contributed by atoms with Crippen LogP contribution in [0.1, 0.15) is 12.8 Å².